The van der Waals surface area contributed by atoms with Crippen LogP contribution in [0.4, 0.5) is 0 Å². The molecule has 0 saturated carbocycles. The number of rotatable bonds is 6. The molecule has 0 unspecified atom stereocenters. The van der Waals surface area contributed by atoms with Gasteiger partial charge in [0.25, 0.3) is 5.91 Å². The third kappa shape index (κ3) is 4.04. The van der Waals surface area contributed by atoms with Gasteiger partial charge >= 0.3 is 5.97 Å². The van der Waals surface area contributed by atoms with Crippen molar-refractivity contribution in [1.29, 1.82) is 0 Å². The second kappa shape index (κ2) is 8.04. The molecule has 2 aromatic rings. The van der Waals surface area contributed by atoms with Gasteiger partial charge in [0.15, 0.2) is 0 Å². The molecule has 5 heteroatoms. The Labute approximate surface area is 153 Å². The van der Waals surface area contributed by atoms with Crippen LogP contribution in [0.5, 0.6) is 5.75 Å². The number of hydrogen-bond acceptors (Lipinski definition) is 4. The van der Waals surface area contributed by atoms with Crippen LogP contribution in [-0.2, 0) is 20.7 Å². The molecule has 5 nitrogen and oxygen atoms in total. The minimum atomic E-state index is -1.05. The third-order valence-corrected chi connectivity index (χ3v) is 4.81. The molecule has 0 spiro atoms. The van der Waals surface area contributed by atoms with Crippen molar-refractivity contribution in [2.45, 2.75) is 37.7 Å². The van der Waals surface area contributed by atoms with Crippen LogP contribution in [-0.4, -0.2) is 19.0 Å². The number of amides is 1. The molecule has 0 aromatic heterocycles. The zero-order valence-electron chi connectivity index (χ0n) is 14.8. The van der Waals surface area contributed by atoms with Gasteiger partial charge in [-0.3, -0.25) is 9.59 Å². The molecule has 0 aliphatic heterocycles. The van der Waals surface area contributed by atoms with Crippen LogP contribution in [0.1, 0.15) is 48.0 Å². The Hall–Kier alpha value is -2.82. The van der Waals surface area contributed by atoms with E-state index in [1.807, 2.05) is 24.3 Å². The highest BCUT2D eigenvalue weighted by molar-refractivity contribution is 5.83. The summed E-state index contributed by atoms with van der Waals surface area (Å²) in [5.74, 6) is -0.170. The number of aryl methyl sites for hydroxylation is 1. The quantitative estimate of drug-likeness (QED) is 0.809. The molecule has 0 radical (unpaired) electrons. The Morgan fingerprint density at radius 3 is 2.65 bits per heavy atom. The molecular formula is C21H23NO4. The predicted molar refractivity (Wildman–Crippen MR) is 97.8 cm³/mol. The zero-order valence-corrected chi connectivity index (χ0v) is 14.8. The van der Waals surface area contributed by atoms with Crippen LogP contribution in [0, 0.1) is 0 Å². The molecule has 3 rings (SSSR count). The Balaban J connectivity index is 1.71. The van der Waals surface area contributed by atoms with E-state index in [0.29, 0.717) is 5.56 Å². The van der Waals surface area contributed by atoms with Gasteiger partial charge in [-0.05, 0) is 48.4 Å². The van der Waals surface area contributed by atoms with Crippen LogP contribution >= 0.6 is 0 Å². The first-order valence-corrected chi connectivity index (χ1v) is 8.79. The lowest BCUT2D eigenvalue weighted by atomic mass is 9.81. The molecule has 136 valence electrons. The number of fused-ring (bicyclic) bond motifs is 1. The van der Waals surface area contributed by atoms with E-state index in [0.717, 1.165) is 30.6 Å². The van der Waals surface area contributed by atoms with E-state index in [-0.39, 0.29) is 12.3 Å². The fourth-order valence-electron chi connectivity index (χ4n) is 3.53. The molecule has 0 heterocycles. The smallest absolute Gasteiger partial charge is 0.307 e. The van der Waals surface area contributed by atoms with Gasteiger partial charge in [-0.1, -0.05) is 36.4 Å². The van der Waals surface area contributed by atoms with Crippen molar-refractivity contribution < 1.29 is 19.1 Å². The summed E-state index contributed by atoms with van der Waals surface area (Å²) >= 11 is 0. The number of primary amides is 1. The van der Waals surface area contributed by atoms with Crippen LogP contribution in [0.25, 0.3) is 0 Å². The van der Waals surface area contributed by atoms with Gasteiger partial charge in [-0.25, -0.2) is 0 Å². The second-order valence-electron chi connectivity index (χ2n) is 6.54. The van der Waals surface area contributed by atoms with Crippen molar-refractivity contribution >= 4 is 11.9 Å². The molecule has 1 aliphatic rings. The number of hydrogen-bond donors (Lipinski definition) is 1. The summed E-state index contributed by atoms with van der Waals surface area (Å²) in [7, 11) is 1.65. The number of esters is 1. The summed E-state index contributed by atoms with van der Waals surface area (Å²) in [4.78, 5) is 24.2. The van der Waals surface area contributed by atoms with Crippen molar-refractivity contribution in [1.82, 2.24) is 0 Å². The second-order valence-corrected chi connectivity index (χ2v) is 6.54. The lowest BCUT2D eigenvalue weighted by molar-refractivity contribution is -0.155. The van der Waals surface area contributed by atoms with E-state index in [2.05, 4.69) is 0 Å². The summed E-state index contributed by atoms with van der Waals surface area (Å²) in [5, 5.41) is 0. The van der Waals surface area contributed by atoms with Crippen molar-refractivity contribution in [3.8, 4) is 5.75 Å². The molecule has 1 aliphatic carbocycles. The maximum absolute atomic E-state index is 12.5. The van der Waals surface area contributed by atoms with Crippen LogP contribution in [0.15, 0.2) is 48.5 Å². The fraction of sp³-hybridized carbons (Fsp3) is 0.333. The van der Waals surface area contributed by atoms with Gasteiger partial charge < -0.3 is 15.2 Å². The van der Waals surface area contributed by atoms with Crippen LogP contribution < -0.4 is 10.5 Å². The number of nitrogens with two attached hydrogens (primary N) is 1. The van der Waals surface area contributed by atoms with E-state index in [9.17, 15) is 9.59 Å². The molecule has 0 bridgehead atoms. The van der Waals surface area contributed by atoms with Crippen LogP contribution in [0.2, 0.25) is 0 Å². The lowest BCUT2D eigenvalue weighted by Gasteiger charge is -2.26. The normalized spacial score (nSPS) is 17.0. The topological polar surface area (TPSA) is 78.6 Å². The summed E-state index contributed by atoms with van der Waals surface area (Å²) in [6.07, 6.45) is 2.08. The Morgan fingerprint density at radius 2 is 1.96 bits per heavy atom. The molecule has 2 aromatic carbocycles. The van der Waals surface area contributed by atoms with Gasteiger partial charge in [-0.2, -0.15) is 0 Å². The highest BCUT2D eigenvalue weighted by atomic mass is 16.5. The molecule has 2 atom stereocenters. The third-order valence-electron chi connectivity index (χ3n) is 4.81. The van der Waals surface area contributed by atoms with Gasteiger partial charge in [0.05, 0.1) is 13.5 Å². The summed E-state index contributed by atoms with van der Waals surface area (Å²) in [6, 6.07) is 14.8. The highest BCUT2D eigenvalue weighted by Crippen LogP contribution is 2.36. The van der Waals surface area contributed by atoms with Crippen LogP contribution in [0.3, 0.4) is 0 Å². The molecule has 1 amide bonds. The van der Waals surface area contributed by atoms with E-state index in [4.69, 9.17) is 15.2 Å². The average Bonchev–Trinajstić information content (AvgIpc) is 2.66. The van der Waals surface area contributed by atoms with Crippen molar-refractivity contribution in [2.75, 3.05) is 7.11 Å². The SMILES string of the molecule is COc1ccc2c(c1)CCC[C@@H]2CC(=O)O[C@@H](C(N)=O)c1ccccc1. The molecule has 0 fully saturated rings. The van der Waals surface area contributed by atoms with Gasteiger partial charge in [-0.15, -0.1) is 0 Å². The number of methoxy groups -OCH3 is 1. The molecule has 2 N–H and O–H groups in total. The lowest BCUT2D eigenvalue weighted by Crippen LogP contribution is -2.27. The summed E-state index contributed by atoms with van der Waals surface area (Å²) in [5.41, 5.74) is 8.38. The Bertz CT molecular complexity index is 788. The van der Waals surface area contributed by atoms with Gasteiger partial charge in [0, 0.05) is 5.56 Å². The average molecular weight is 353 g/mol. The van der Waals surface area contributed by atoms with Crippen molar-refractivity contribution in [2.24, 2.45) is 5.73 Å². The Morgan fingerprint density at radius 1 is 1.19 bits per heavy atom. The molecule has 0 saturated heterocycles. The maximum Gasteiger partial charge on any atom is 0.307 e. The molecular weight excluding hydrogens is 330 g/mol. The van der Waals surface area contributed by atoms with E-state index in [1.165, 1.54) is 5.56 Å². The summed E-state index contributed by atoms with van der Waals surface area (Å²) in [6.45, 7) is 0. The largest absolute Gasteiger partial charge is 0.497 e. The van der Waals surface area contributed by atoms with E-state index < -0.39 is 18.0 Å². The van der Waals surface area contributed by atoms with Gasteiger partial charge in [0.1, 0.15) is 5.75 Å². The minimum Gasteiger partial charge on any atom is -0.497 e. The zero-order chi connectivity index (χ0) is 18.5. The first-order chi connectivity index (χ1) is 12.6. The minimum absolute atomic E-state index is 0.0847. The summed E-state index contributed by atoms with van der Waals surface area (Å²) < 4.78 is 10.7. The molecule has 26 heavy (non-hydrogen) atoms. The highest BCUT2D eigenvalue weighted by Gasteiger charge is 2.27. The first kappa shape index (κ1) is 18.0. The monoisotopic (exact) mass is 353 g/mol. The number of carbonyl (C=O) groups is 2. The fourth-order valence-corrected chi connectivity index (χ4v) is 3.53. The number of ether oxygens (including phenoxy) is 2. The number of benzene rings is 2. The predicted octanol–water partition coefficient (Wildman–Crippen LogP) is 3.28. The maximum atomic E-state index is 12.5. The standard InChI is InChI=1S/C21H23NO4/c1-25-17-10-11-18-15(12-17)8-5-9-16(18)13-19(23)26-20(21(22)24)14-6-3-2-4-7-14/h2-4,6-7,10-12,16,20H,5,8-9,13H2,1H3,(H2,22,24)/t16-,20-/m1/s1. The van der Waals surface area contributed by atoms with Crippen molar-refractivity contribution in [3.63, 3.8) is 0 Å². The number of carbonyl (C=O) groups excluding carboxylic acids is 2. The Kier molecular flexibility index (Phi) is 5.56. The van der Waals surface area contributed by atoms with E-state index >= 15 is 0 Å². The van der Waals surface area contributed by atoms with Gasteiger partial charge in [0.2, 0.25) is 6.10 Å². The van der Waals surface area contributed by atoms with Crippen molar-refractivity contribution in [3.05, 3.63) is 65.2 Å². The first-order valence-electron chi connectivity index (χ1n) is 8.79. The van der Waals surface area contributed by atoms with E-state index in [1.54, 1.807) is 31.4 Å².